The van der Waals surface area contributed by atoms with E-state index in [-0.39, 0.29) is 5.91 Å². The highest BCUT2D eigenvalue weighted by Gasteiger charge is 2.19. The lowest BCUT2D eigenvalue weighted by atomic mass is 10.2. The summed E-state index contributed by atoms with van der Waals surface area (Å²) in [4.78, 5) is 20.4. The van der Waals surface area contributed by atoms with Crippen LogP contribution in [0.2, 0.25) is 0 Å². The van der Waals surface area contributed by atoms with Crippen LogP contribution in [0.3, 0.4) is 0 Å². The molecule has 2 rings (SSSR count). The lowest BCUT2D eigenvalue weighted by molar-refractivity contribution is -0.128. The van der Waals surface area contributed by atoms with E-state index in [0.717, 1.165) is 51.3 Å². The van der Waals surface area contributed by atoms with Gasteiger partial charge in [-0.1, -0.05) is 13.0 Å². The fourth-order valence-corrected chi connectivity index (χ4v) is 2.51. The maximum absolute atomic E-state index is 12.1. The number of likely N-dealkylation sites (N-methyl/N-ethyl adjacent to an activating group) is 1. The second kappa shape index (κ2) is 7.98. The fraction of sp³-hybridized carbons (Fsp3) is 0.625. The molecule has 1 aromatic rings. The third-order valence-electron chi connectivity index (χ3n) is 3.79. The molecule has 2 heterocycles. The zero-order valence-corrected chi connectivity index (χ0v) is 13.1. The monoisotopic (exact) mass is 290 g/mol. The number of pyridine rings is 1. The first-order chi connectivity index (χ1) is 10.2. The van der Waals surface area contributed by atoms with Crippen molar-refractivity contribution in [3.8, 4) is 0 Å². The van der Waals surface area contributed by atoms with Gasteiger partial charge in [0.15, 0.2) is 0 Å². The van der Waals surface area contributed by atoms with Gasteiger partial charge in [0.05, 0.1) is 6.54 Å². The van der Waals surface area contributed by atoms with Gasteiger partial charge in [-0.2, -0.15) is 0 Å². The molecule has 0 bridgehead atoms. The van der Waals surface area contributed by atoms with Gasteiger partial charge in [-0.3, -0.25) is 4.79 Å². The molecule has 5 nitrogen and oxygen atoms in total. The summed E-state index contributed by atoms with van der Waals surface area (Å²) < 4.78 is 0. The number of hydrogen-bond acceptors (Lipinski definition) is 4. The number of amides is 1. The van der Waals surface area contributed by atoms with E-state index in [0.29, 0.717) is 6.54 Å². The molecule has 1 aliphatic heterocycles. The first-order valence-corrected chi connectivity index (χ1v) is 7.85. The number of nitrogens with zero attached hydrogens (tertiary/aromatic N) is 3. The van der Waals surface area contributed by atoms with Gasteiger partial charge < -0.3 is 15.1 Å². The predicted molar refractivity (Wildman–Crippen MR) is 85.3 cm³/mol. The maximum Gasteiger partial charge on any atom is 0.242 e. The largest absolute Gasteiger partial charge is 0.350 e. The number of nitrogens with one attached hydrogen (secondary N) is 1. The molecule has 0 saturated carbocycles. The third-order valence-corrected chi connectivity index (χ3v) is 3.79. The molecule has 5 heteroatoms. The van der Waals surface area contributed by atoms with Crippen LogP contribution in [0.4, 0.5) is 5.82 Å². The van der Waals surface area contributed by atoms with Crippen LogP contribution in [-0.2, 0) is 11.3 Å². The summed E-state index contributed by atoms with van der Waals surface area (Å²) in [5, 5.41) is 3.35. The number of carbonyl (C=O) groups is 1. The first-order valence-electron chi connectivity index (χ1n) is 7.85. The molecule has 0 aliphatic carbocycles. The lowest BCUT2D eigenvalue weighted by Crippen LogP contribution is -2.37. The number of likely N-dealkylation sites (tertiary alicyclic amines) is 1. The summed E-state index contributed by atoms with van der Waals surface area (Å²) >= 11 is 0. The van der Waals surface area contributed by atoms with Crippen molar-refractivity contribution in [3.05, 3.63) is 23.9 Å². The van der Waals surface area contributed by atoms with Crippen molar-refractivity contribution in [2.24, 2.45) is 0 Å². The van der Waals surface area contributed by atoms with Gasteiger partial charge >= 0.3 is 0 Å². The minimum Gasteiger partial charge on any atom is -0.350 e. The van der Waals surface area contributed by atoms with Crippen LogP contribution >= 0.6 is 0 Å². The van der Waals surface area contributed by atoms with Crippen LogP contribution in [-0.4, -0.2) is 49.0 Å². The second-order valence-corrected chi connectivity index (χ2v) is 5.65. The lowest BCUT2D eigenvalue weighted by Gasteiger charge is -2.22. The average Bonchev–Trinajstić information content (AvgIpc) is 3.02. The van der Waals surface area contributed by atoms with Crippen molar-refractivity contribution in [2.45, 2.75) is 32.7 Å². The number of anilines is 1. The van der Waals surface area contributed by atoms with Crippen LogP contribution in [0, 0.1) is 0 Å². The summed E-state index contributed by atoms with van der Waals surface area (Å²) in [5.41, 5.74) is 1.17. The van der Waals surface area contributed by atoms with E-state index in [9.17, 15) is 4.79 Å². The van der Waals surface area contributed by atoms with E-state index >= 15 is 0 Å². The Morgan fingerprint density at radius 2 is 2.14 bits per heavy atom. The van der Waals surface area contributed by atoms with Crippen LogP contribution in [0.15, 0.2) is 18.3 Å². The smallest absolute Gasteiger partial charge is 0.242 e. The van der Waals surface area contributed by atoms with Crippen LogP contribution in [0.25, 0.3) is 0 Å². The van der Waals surface area contributed by atoms with Crippen LogP contribution in [0.5, 0.6) is 0 Å². The predicted octanol–water partition coefficient (Wildman–Crippen LogP) is 1.64. The Morgan fingerprint density at radius 3 is 2.76 bits per heavy atom. The summed E-state index contributed by atoms with van der Waals surface area (Å²) in [7, 11) is 1.92. The Labute approximate surface area is 127 Å². The minimum absolute atomic E-state index is 0.200. The molecule has 1 amide bonds. The third kappa shape index (κ3) is 4.70. The molecule has 116 valence electrons. The fourth-order valence-electron chi connectivity index (χ4n) is 2.51. The van der Waals surface area contributed by atoms with Crippen LogP contribution in [0.1, 0.15) is 31.7 Å². The maximum atomic E-state index is 12.1. The number of rotatable bonds is 7. The van der Waals surface area contributed by atoms with Crippen LogP contribution < -0.4 is 10.2 Å². The van der Waals surface area contributed by atoms with Crippen molar-refractivity contribution in [1.82, 2.24) is 15.2 Å². The summed E-state index contributed by atoms with van der Waals surface area (Å²) in [6, 6.07) is 4.06. The van der Waals surface area contributed by atoms with Gasteiger partial charge in [-0.05, 0) is 37.4 Å². The quantitative estimate of drug-likeness (QED) is 0.776. The van der Waals surface area contributed by atoms with Gasteiger partial charge in [0.25, 0.3) is 0 Å². The van der Waals surface area contributed by atoms with Gasteiger partial charge in [-0.15, -0.1) is 0 Å². The van der Waals surface area contributed by atoms with Crippen molar-refractivity contribution in [2.75, 3.05) is 38.1 Å². The molecule has 0 aromatic carbocycles. The van der Waals surface area contributed by atoms with Crippen molar-refractivity contribution < 1.29 is 4.79 Å². The molecule has 1 saturated heterocycles. The minimum atomic E-state index is 0.200. The normalized spacial score (nSPS) is 14.5. The molecule has 1 aliphatic rings. The average molecular weight is 290 g/mol. The van der Waals surface area contributed by atoms with E-state index in [2.05, 4.69) is 23.3 Å². The summed E-state index contributed by atoms with van der Waals surface area (Å²) in [5.74, 6) is 1.05. The van der Waals surface area contributed by atoms with Gasteiger partial charge in [-0.25, -0.2) is 4.98 Å². The molecule has 0 unspecified atom stereocenters. The van der Waals surface area contributed by atoms with E-state index in [1.807, 2.05) is 29.1 Å². The van der Waals surface area contributed by atoms with Crippen molar-refractivity contribution >= 4 is 11.7 Å². The number of carbonyl (C=O) groups excluding carboxylic acids is 1. The van der Waals surface area contributed by atoms with Crippen molar-refractivity contribution in [3.63, 3.8) is 0 Å². The highest BCUT2D eigenvalue weighted by atomic mass is 16.2. The molecule has 1 fully saturated rings. The summed E-state index contributed by atoms with van der Waals surface area (Å²) in [6.07, 6.45) is 5.28. The number of aromatic nitrogens is 1. The van der Waals surface area contributed by atoms with Gasteiger partial charge in [0, 0.05) is 32.9 Å². The zero-order chi connectivity index (χ0) is 15.1. The molecular formula is C16H26N4O. The zero-order valence-electron chi connectivity index (χ0n) is 13.1. The summed E-state index contributed by atoms with van der Waals surface area (Å²) in [6.45, 7) is 6.23. The number of hydrogen-bond donors (Lipinski definition) is 1. The Kier molecular flexibility index (Phi) is 5.99. The Hall–Kier alpha value is -1.62. The standard InChI is InChI=1S/C16H26N4O/c1-3-8-17-11-14-6-7-15(18-12-14)19(2)13-16(21)20-9-4-5-10-20/h6-7,12,17H,3-5,8-11,13H2,1-2H3. The van der Waals surface area contributed by atoms with E-state index in [1.165, 1.54) is 5.56 Å². The molecular weight excluding hydrogens is 264 g/mol. The van der Waals surface area contributed by atoms with Gasteiger partial charge in [0.2, 0.25) is 5.91 Å². The Balaban J connectivity index is 1.84. The first kappa shape index (κ1) is 15.8. The van der Waals surface area contributed by atoms with E-state index < -0.39 is 0 Å². The Bertz CT molecular complexity index is 440. The molecule has 21 heavy (non-hydrogen) atoms. The molecule has 0 spiro atoms. The highest BCUT2D eigenvalue weighted by Crippen LogP contribution is 2.12. The Morgan fingerprint density at radius 1 is 1.38 bits per heavy atom. The molecule has 0 radical (unpaired) electrons. The van der Waals surface area contributed by atoms with E-state index in [4.69, 9.17) is 0 Å². The molecule has 1 aromatic heterocycles. The van der Waals surface area contributed by atoms with Gasteiger partial charge in [0.1, 0.15) is 5.82 Å². The topological polar surface area (TPSA) is 48.5 Å². The second-order valence-electron chi connectivity index (χ2n) is 5.65. The van der Waals surface area contributed by atoms with Crippen molar-refractivity contribution in [1.29, 1.82) is 0 Å². The van der Waals surface area contributed by atoms with E-state index in [1.54, 1.807) is 0 Å². The molecule has 0 atom stereocenters. The SMILES string of the molecule is CCCNCc1ccc(N(C)CC(=O)N2CCCC2)nc1. The highest BCUT2D eigenvalue weighted by molar-refractivity contribution is 5.81. The molecule has 1 N–H and O–H groups in total.